The van der Waals surface area contributed by atoms with E-state index in [1.165, 1.54) is 14.2 Å². The van der Waals surface area contributed by atoms with Gasteiger partial charge in [-0.3, -0.25) is 14.5 Å². The minimum Gasteiger partial charge on any atom is -0.493 e. The van der Waals surface area contributed by atoms with E-state index in [1.54, 1.807) is 42.5 Å². The number of carboxylic acid groups (broad SMARTS) is 1. The topological polar surface area (TPSA) is 131 Å². The molecule has 1 atom stereocenters. The predicted octanol–water partition coefficient (Wildman–Crippen LogP) is 3.01. The van der Waals surface area contributed by atoms with E-state index in [-0.39, 0.29) is 24.1 Å². The SMILES string of the molecule is COc1ccc(C(=O)NCc2cc(C(N)=O)ccc2C2c3cc(C(=O)O)ccc3CCN2C)cc1OC. The normalized spacial score (nSPS) is 14.9. The third kappa shape index (κ3) is 5.26. The highest BCUT2D eigenvalue weighted by Gasteiger charge is 2.29. The molecule has 0 aliphatic carbocycles. The Balaban J connectivity index is 1.71. The molecule has 0 radical (unpaired) electrons. The number of rotatable bonds is 8. The number of nitrogens with one attached hydrogen (secondary N) is 1. The van der Waals surface area contributed by atoms with Crippen molar-refractivity contribution >= 4 is 17.8 Å². The van der Waals surface area contributed by atoms with E-state index in [0.29, 0.717) is 28.2 Å². The van der Waals surface area contributed by atoms with Gasteiger partial charge in [-0.05, 0) is 78.2 Å². The summed E-state index contributed by atoms with van der Waals surface area (Å²) in [5, 5.41) is 12.5. The van der Waals surface area contributed by atoms with Gasteiger partial charge in [0.2, 0.25) is 5.91 Å². The molecule has 37 heavy (non-hydrogen) atoms. The van der Waals surface area contributed by atoms with Crippen LogP contribution in [0.1, 0.15) is 59.4 Å². The highest BCUT2D eigenvalue weighted by Crippen LogP contribution is 2.37. The van der Waals surface area contributed by atoms with Crippen molar-refractivity contribution in [2.45, 2.75) is 19.0 Å². The number of aromatic carboxylic acids is 1. The van der Waals surface area contributed by atoms with Gasteiger partial charge in [0, 0.05) is 24.2 Å². The molecule has 4 N–H and O–H groups in total. The Hall–Kier alpha value is -4.37. The second kappa shape index (κ2) is 10.7. The molecule has 4 rings (SSSR count). The van der Waals surface area contributed by atoms with Gasteiger partial charge in [0.15, 0.2) is 11.5 Å². The van der Waals surface area contributed by atoms with Gasteiger partial charge in [0.25, 0.3) is 5.91 Å². The van der Waals surface area contributed by atoms with Crippen molar-refractivity contribution in [1.29, 1.82) is 0 Å². The van der Waals surface area contributed by atoms with E-state index in [9.17, 15) is 19.5 Å². The average Bonchev–Trinajstić information content (AvgIpc) is 2.90. The lowest BCUT2D eigenvalue weighted by molar-refractivity contribution is 0.0696. The van der Waals surface area contributed by atoms with Gasteiger partial charge < -0.3 is 25.6 Å². The van der Waals surface area contributed by atoms with Gasteiger partial charge in [-0.15, -0.1) is 0 Å². The van der Waals surface area contributed by atoms with Crippen molar-refractivity contribution in [1.82, 2.24) is 10.2 Å². The van der Waals surface area contributed by atoms with Crippen LogP contribution in [0.5, 0.6) is 11.5 Å². The molecule has 3 aromatic carbocycles. The summed E-state index contributed by atoms with van der Waals surface area (Å²) in [5.74, 6) is -0.968. The Morgan fingerprint density at radius 3 is 2.32 bits per heavy atom. The number of nitrogens with two attached hydrogens (primary N) is 1. The molecule has 1 aliphatic rings. The molecule has 0 aromatic heterocycles. The van der Waals surface area contributed by atoms with Crippen molar-refractivity contribution in [3.63, 3.8) is 0 Å². The third-order valence-electron chi connectivity index (χ3n) is 6.67. The first-order valence-corrected chi connectivity index (χ1v) is 11.7. The summed E-state index contributed by atoms with van der Waals surface area (Å²) in [6.45, 7) is 0.890. The van der Waals surface area contributed by atoms with Gasteiger partial charge >= 0.3 is 5.97 Å². The molecule has 0 fully saturated rings. The number of amides is 2. The number of carboxylic acids is 1. The van der Waals surface area contributed by atoms with E-state index in [4.69, 9.17) is 15.2 Å². The molecular formula is C28H29N3O6. The lowest BCUT2D eigenvalue weighted by Gasteiger charge is -2.36. The van der Waals surface area contributed by atoms with Crippen LogP contribution in [-0.4, -0.2) is 55.6 Å². The number of methoxy groups -OCH3 is 2. The van der Waals surface area contributed by atoms with E-state index < -0.39 is 11.9 Å². The zero-order valence-corrected chi connectivity index (χ0v) is 20.9. The van der Waals surface area contributed by atoms with Gasteiger partial charge in [-0.1, -0.05) is 12.1 Å². The summed E-state index contributed by atoms with van der Waals surface area (Å²) >= 11 is 0. The largest absolute Gasteiger partial charge is 0.493 e. The van der Waals surface area contributed by atoms with Crippen LogP contribution >= 0.6 is 0 Å². The summed E-state index contributed by atoms with van der Waals surface area (Å²) in [7, 11) is 4.98. The molecule has 9 nitrogen and oxygen atoms in total. The van der Waals surface area contributed by atoms with Crippen LogP contribution in [0, 0.1) is 0 Å². The van der Waals surface area contributed by atoms with Crippen LogP contribution < -0.4 is 20.5 Å². The molecule has 2 amide bonds. The van der Waals surface area contributed by atoms with Crippen LogP contribution in [0.25, 0.3) is 0 Å². The summed E-state index contributed by atoms with van der Waals surface area (Å²) < 4.78 is 10.5. The number of nitrogens with zero attached hydrogens (tertiary/aromatic N) is 1. The highest BCUT2D eigenvalue weighted by molar-refractivity contribution is 5.95. The second-order valence-electron chi connectivity index (χ2n) is 8.88. The lowest BCUT2D eigenvalue weighted by Crippen LogP contribution is -2.34. The number of benzene rings is 3. The number of likely N-dealkylation sites (N-methyl/N-ethyl adjacent to an activating group) is 1. The van der Waals surface area contributed by atoms with Crippen molar-refractivity contribution in [3.05, 3.63) is 93.5 Å². The van der Waals surface area contributed by atoms with Crippen molar-refractivity contribution in [2.24, 2.45) is 5.73 Å². The van der Waals surface area contributed by atoms with Crippen LogP contribution in [0.15, 0.2) is 54.6 Å². The Bertz CT molecular complexity index is 1370. The molecular weight excluding hydrogens is 474 g/mol. The molecule has 0 spiro atoms. The lowest BCUT2D eigenvalue weighted by atomic mass is 9.85. The van der Waals surface area contributed by atoms with E-state index >= 15 is 0 Å². The third-order valence-corrected chi connectivity index (χ3v) is 6.67. The first kappa shape index (κ1) is 25.7. The van der Waals surface area contributed by atoms with Gasteiger partial charge in [0.1, 0.15) is 0 Å². The molecule has 3 aromatic rings. The Morgan fingerprint density at radius 2 is 1.65 bits per heavy atom. The fraction of sp³-hybridized carbons (Fsp3) is 0.250. The summed E-state index contributed by atoms with van der Waals surface area (Å²) in [6.07, 6.45) is 0.785. The molecule has 0 saturated heterocycles. The van der Waals surface area contributed by atoms with Crippen LogP contribution in [0.4, 0.5) is 0 Å². The zero-order chi connectivity index (χ0) is 26.7. The van der Waals surface area contributed by atoms with E-state index in [0.717, 1.165) is 29.7 Å². The zero-order valence-electron chi connectivity index (χ0n) is 20.9. The molecule has 1 aliphatic heterocycles. The molecule has 0 bridgehead atoms. The van der Waals surface area contributed by atoms with Gasteiger partial charge in [0.05, 0.1) is 25.8 Å². The highest BCUT2D eigenvalue weighted by atomic mass is 16.5. The number of primary amides is 1. The number of fused-ring (bicyclic) bond motifs is 1. The van der Waals surface area contributed by atoms with Crippen molar-refractivity contribution < 1.29 is 29.0 Å². The van der Waals surface area contributed by atoms with Crippen molar-refractivity contribution in [2.75, 3.05) is 27.8 Å². The number of carbonyl (C=O) groups is 3. The number of hydrogen-bond acceptors (Lipinski definition) is 6. The maximum atomic E-state index is 13.0. The van der Waals surface area contributed by atoms with Crippen molar-refractivity contribution in [3.8, 4) is 11.5 Å². The quantitative estimate of drug-likeness (QED) is 0.431. The Kier molecular flexibility index (Phi) is 7.45. The predicted molar refractivity (Wildman–Crippen MR) is 137 cm³/mol. The molecule has 1 unspecified atom stereocenters. The van der Waals surface area contributed by atoms with Crippen LogP contribution in [-0.2, 0) is 13.0 Å². The standard InChI is InChI=1S/C28H29N3O6/c1-31-11-10-16-4-5-19(28(34)35)13-22(16)25(31)21-8-6-17(26(29)32)12-20(21)15-30-27(33)18-7-9-23(36-2)24(14-18)37-3/h4-9,12-14,25H,10-11,15H2,1-3H3,(H2,29,32)(H,30,33)(H,34,35). The Morgan fingerprint density at radius 1 is 0.946 bits per heavy atom. The number of hydrogen-bond donors (Lipinski definition) is 3. The maximum absolute atomic E-state index is 13.0. The fourth-order valence-corrected chi connectivity index (χ4v) is 4.71. The van der Waals surface area contributed by atoms with Crippen LogP contribution in [0.3, 0.4) is 0 Å². The number of ether oxygens (including phenoxy) is 2. The van der Waals surface area contributed by atoms with Gasteiger partial charge in [-0.25, -0.2) is 4.79 Å². The minimum absolute atomic E-state index is 0.127. The first-order valence-electron chi connectivity index (χ1n) is 11.7. The number of carbonyl (C=O) groups excluding carboxylic acids is 2. The van der Waals surface area contributed by atoms with Crippen LogP contribution in [0.2, 0.25) is 0 Å². The molecule has 192 valence electrons. The monoisotopic (exact) mass is 503 g/mol. The van der Waals surface area contributed by atoms with E-state index in [2.05, 4.69) is 10.2 Å². The summed E-state index contributed by atoms with van der Waals surface area (Å²) in [4.78, 5) is 38.7. The molecule has 0 saturated carbocycles. The maximum Gasteiger partial charge on any atom is 0.335 e. The first-order chi connectivity index (χ1) is 17.7. The fourth-order valence-electron chi connectivity index (χ4n) is 4.71. The summed E-state index contributed by atoms with van der Waals surface area (Å²) in [5.41, 5.74) is 9.95. The summed E-state index contributed by atoms with van der Waals surface area (Å²) in [6, 6.07) is 14.9. The van der Waals surface area contributed by atoms with Gasteiger partial charge in [-0.2, -0.15) is 0 Å². The van der Waals surface area contributed by atoms with E-state index in [1.807, 2.05) is 19.2 Å². The second-order valence-corrected chi connectivity index (χ2v) is 8.88. The Labute approximate surface area is 214 Å². The average molecular weight is 504 g/mol. The minimum atomic E-state index is -0.999. The molecule has 1 heterocycles. The smallest absolute Gasteiger partial charge is 0.335 e. The molecule has 9 heteroatoms.